The van der Waals surface area contributed by atoms with Gasteiger partial charge in [0.25, 0.3) is 5.91 Å². The average molecular weight is 352 g/mol. The highest BCUT2D eigenvalue weighted by Gasteiger charge is 2.45. The molecule has 0 aliphatic carbocycles. The van der Waals surface area contributed by atoms with E-state index in [2.05, 4.69) is 31.1 Å². The van der Waals surface area contributed by atoms with Gasteiger partial charge in [-0.15, -0.1) is 0 Å². The predicted molar refractivity (Wildman–Crippen MR) is 104 cm³/mol. The average Bonchev–Trinajstić information content (AvgIpc) is 2.96. The van der Waals surface area contributed by atoms with Gasteiger partial charge in [0.2, 0.25) is 0 Å². The van der Waals surface area contributed by atoms with Crippen molar-refractivity contribution in [3.63, 3.8) is 0 Å². The van der Waals surface area contributed by atoms with Crippen molar-refractivity contribution in [2.45, 2.75) is 26.2 Å². The van der Waals surface area contributed by atoms with Gasteiger partial charge >= 0.3 is 0 Å². The van der Waals surface area contributed by atoms with Crippen molar-refractivity contribution in [2.75, 3.05) is 19.5 Å². The molecular weight excluding hydrogens is 328 g/mol. The summed E-state index contributed by atoms with van der Waals surface area (Å²) in [5.74, 6) is 1.51. The molecule has 3 rings (SSSR count). The number of benzene rings is 2. The van der Waals surface area contributed by atoms with Gasteiger partial charge in [-0.05, 0) is 60.9 Å². The van der Waals surface area contributed by atoms with Gasteiger partial charge in [0.15, 0.2) is 0 Å². The first-order valence-electron chi connectivity index (χ1n) is 8.63. The van der Waals surface area contributed by atoms with E-state index in [0.717, 1.165) is 22.7 Å². The number of hydrogen-bond donors (Lipinski definition) is 1. The molecule has 1 unspecified atom stereocenters. The first-order valence-corrected chi connectivity index (χ1v) is 8.63. The molecule has 0 saturated carbocycles. The van der Waals surface area contributed by atoms with Gasteiger partial charge in [-0.3, -0.25) is 4.79 Å². The molecule has 1 atom stereocenters. The quantitative estimate of drug-likeness (QED) is 0.871. The summed E-state index contributed by atoms with van der Waals surface area (Å²) in [7, 11) is 3.25. The third-order valence-corrected chi connectivity index (χ3v) is 5.21. The summed E-state index contributed by atoms with van der Waals surface area (Å²) >= 11 is 0. The molecule has 1 N–H and O–H groups in total. The van der Waals surface area contributed by atoms with Crippen LogP contribution in [0.4, 0.5) is 11.4 Å². The van der Waals surface area contributed by atoms with Gasteiger partial charge in [-0.25, -0.2) is 4.99 Å². The highest BCUT2D eigenvalue weighted by Crippen LogP contribution is 2.46. The van der Waals surface area contributed by atoms with E-state index in [9.17, 15) is 4.79 Å². The Morgan fingerprint density at radius 1 is 1.04 bits per heavy atom. The summed E-state index contributed by atoms with van der Waals surface area (Å²) in [6, 6.07) is 13.0. The van der Waals surface area contributed by atoms with E-state index in [-0.39, 0.29) is 11.8 Å². The molecule has 0 spiro atoms. The van der Waals surface area contributed by atoms with Gasteiger partial charge in [0.05, 0.1) is 19.9 Å². The topological polar surface area (TPSA) is 59.9 Å². The predicted octanol–water partition coefficient (Wildman–Crippen LogP) is 4.34. The van der Waals surface area contributed by atoms with Crippen LogP contribution in [-0.4, -0.2) is 25.8 Å². The van der Waals surface area contributed by atoms with Crippen molar-refractivity contribution < 1.29 is 14.3 Å². The van der Waals surface area contributed by atoms with E-state index in [1.165, 1.54) is 0 Å². The molecule has 0 bridgehead atoms. The highest BCUT2D eigenvalue weighted by atomic mass is 16.5. The van der Waals surface area contributed by atoms with Crippen LogP contribution in [0.15, 0.2) is 47.5 Å². The molecule has 1 heterocycles. The molecule has 0 aromatic heterocycles. The number of carbonyl (C=O) groups is 1. The summed E-state index contributed by atoms with van der Waals surface area (Å²) in [4.78, 5) is 17.7. The summed E-state index contributed by atoms with van der Waals surface area (Å²) < 4.78 is 10.5. The largest absolute Gasteiger partial charge is 0.497 e. The number of nitrogens with one attached hydrogen (secondary N) is 1. The van der Waals surface area contributed by atoms with Crippen LogP contribution in [0.2, 0.25) is 0 Å². The standard InChI is InChI=1S/C21H24N2O3/c1-13(2)21(3)17-12-16(26-5)10-11-18(17)23-19(21)20(24)22-14-6-8-15(25-4)9-7-14/h6-13H,1-5H3,(H,22,24). The lowest BCUT2D eigenvalue weighted by atomic mass is 9.70. The second-order valence-electron chi connectivity index (χ2n) is 6.88. The number of methoxy groups -OCH3 is 2. The van der Waals surface area contributed by atoms with Crippen molar-refractivity contribution in [1.29, 1.82) is 0 Å². The zero-order valence-electron chi connectivity index (χ0n) is 15.8. The zero-order valence-corrected chi connectivity index (χ0v) is 15.8. The molecule has 26 heavy (non-hydrogen) atoms. The fourth-order valence-electron chi connectivity index (χ4n) is 3.26. The second-order valence-corrected chi connectivity index (χ2v) is 6.88. The zero-order chi connectivity index (χ0) is 18.9. The lowest BCUT2D eigenvalue weighted by molar-refractivity contribution is -0.110. The van der Waals surface area contributed by atoms with Crippen LogP contribution in [0.3, 0.4) is 0 Å². The lowest BCUT2D eigenvalue weighted by Gasteiger charge is -2.31. The van der Waals surface area contributed by atoms with Crippen molar-refractivity contribution in [3.05, 3.63) is 48.0 Å². The van der Waals surface area contributed by atoms with Crippen LogP contribution in [0.25, 0.3) is 0 Å². The number of ether oxygens (including phenoxy) is 2. The van der Waals surface area contributed by atoms with Gasteiger partial charge in [-0.2, -0.15) is 0 Å². The van der Waals surface area contributed by atoms with E-state index in [1.807, 2.05) is 42.5 Å². The van der Waals surface area contributed by atoms with Crippen LogP contribution in [0.5, 0.6) is 11.5 Å². The van der Waals surface area contributed by atoms with E-state index in [1.54, 1.807) is 14.2 Å². The molecular formula is C21H24N2O3. The molecule has 5 heteroatoms. The van der Waals surface area contributed by atoms with Gasteiger partial charge in [0.1, 0.15) is 17.2 Å². The first-order chi connectivity index (χ1) is 12.4. The van der Waals surface area contributed by atoms with Crippen LogP contribution in [0.1, 0.15) is 26.3 Å². The number of nitrogens with zero attached hydrogens (tertiary/aromatic N) is 1. The van der Waals surface area contributed by atoms with Crippen molar-refractivity contribution in [2.24, 2.45) is 10.9 Å². The monoisotopic (exact) mass is 352 g/mol. The Kier molecular flexibility index (Phi) is 4.72. The minimum atomic E-state index is -0.486. The number of fused-ring (bicyclic) bond motifs is 1. The molecule has 2 aromatic carbocycles. The maximum atomic E-state index is 13.0. The molecule has 1 amide bonds. The fourth-order valence-corrected chi connectivity index (χ4v) is 3.26. The fraction of sp³-hybridized carbons (Fsp3) is 0.333. The van der Waals surface area contributed by atoms with Gasteiger partial charge < -0.3 is 14.8 Å². The summed E-state index contributed by atoms with van der Waals surface area (Å²) in [6.45, 7) is 6.27. The third-order valence-electron chi connectivity index (χ3n) is 5.21. The minimum absolute atomic E-state index is 0.191. The van der Waals surface area contributed by atoms with E-state index < -0.39 is 5.41 Å². The normalized spacial score (nSPS) is 18.3. The van der Waals surface area contributed by atoms with Crippen molar-refractivity contribution in [3.8, 4) is 11.5 Å². The van der Waals surface area contributed by atoms with Crippen LogP contribution >= 0.6 is 0 Å². The van der Waals surface area contributed by atoms with Gasteiger partial charge in [0, 0.05) is 11.1 Å². The Balaban J connectivity index is 1.94. The van der Waals surface area contributed by atoms with Gasteiger partial charge in [-0.1, -0.05) is 13.8 Å². The first kappa shape index (κ1) is 18.0. The number of hydrogen-bond acceptors (Lipinski definition) is 4. The van der Waals surface area contributed by atoms with E-state index >= 15 is 0 Å². The molecule has 1 aliphatic heterocycles. The lowest BCUT2D eigenvalue weighted by Crippen LogP contribution is -2.42. The van der Waals surface area contributed by atoms with E-state index in [0.29, 0.717) is 11.4 Å². The third kappa shape index (κ3) is 2.94. The number of rotatable bonds is 5. The summed E-state index contributed by atoms with van der Waals surface area (Å²) in [5, 5.41) is 2.95. The molecule has 0 fully saturated rings. The van der Waals surface area contributed by atoms with Crippen molar-refractivity contribution in [1.82, 2.24) is 0 Å². The Labute approximate surface area is 154 Å². The van der Waals surface area contributed by atoms with Crippen LogP contribution in [-0.2, 0) is 10.2 Å². The Bertz CT molecular complexity index is 856. The van der Waals surface area contributed by atoms with Crippen molar-refractivity contribution >= 4 is 23.0 Å². The summed E-state index contributed by atoms with van der Waals surface area (Å²) in [6.07, 6.45) is 0. The molecule has 2 aromatic rings. The number of anilines is 1. The Hall–Kier alpha value is -2.82. The second kappa shape index (κ2) is 6.83. The molecule has 1 aliphatic rings. The molecule has 0 saturated heterocycles. The highest BCUT2D eigenvalue weighted by molar-refractivity contribution is 6.47. The molecule has 5 nitrogen and oxygen atoms in total. The SMILES string of the molecule is COc1ccc(NC(=O)C2=Nc3ccc(OC)cc3C2(C)C(C)C)cc1. The number of carbonyl (C=O) groups excluding carboxylic acids is 1. The number of aliphatic imine (C=N–C) groups is 1. The molecule has 0 radical (unpaired) electrons. The number of amides is 1. The molecule has 136 valence electrons. The Morgan fingerprint density at radius 3 is 2.23 bits per heavy atom. The maximum absolute atomic E-state index is 13.0. The minimum Gasteiger partial charge on any atom is -0.497 e. The Morgan fingerprint density at radius 2 is 1.65 bits per heavy atom. The van der Waals surface area contributed by atoms with Crippen LogP contribution < -0.4 is 14.8 Å². The van der Waals surface area contributed by atoms with E-state index in [4.69, 9.17) is 9.47 Å². The maximum Gasteiger partial charge on any atom is 0.271 e. The van der Waals surface area contributed by atoms with Crippen LogP contribution in [0, 0.1) is 5.92 Å². The smallest absolute Gasteiger partial charge is 0.271 e. The summed E-state index contributed by atoms with van der Waals surface area (Å²) in [5.41, 5.74) is 2.58.